The lowest BCUT2D eigenvalue weighted by molar-refractivity contribution is 0.0693. The van der Waals surface area contributed by atoms with Crippen LogP contribution in [0.25, 0.3) is 0 Å². The monoisotopic (exact) mass is 238 g/mol. The van der Waals surface area contributed by atoms with Crippen LogP contribution in [0.3, 0.4) is 0 Å². The Morgan fingerprint density at radius 3 is 1.76 bits per heavy atom. The van der Waals surface area contributed by atoms with Gasteiger partial charge < -0.3 is 15.3 Å². The number of benzene rings is 1. The van der Waals surface area contributed by atoms with E-state index in [1.807, 2.05) is 0 Å². The number of ketones is 2. The molecule has 0 aliphatic carbocycles. The van der Waals surface area contributed by atoms with Gasteiger partial charge in [0.25, 0.3) is 0 Å². The molecule has 0 aromatic heterocycles. The van der Waals surface area contributed by atoms with E-state index in [-0.39, 0.29) is 5.56 Å². The van der Waals surface area contributed by atoms with E-state index >= 15 is 0 Å². The summed E-state index contributed by atoms with van der Waals surface area (Å²) >= 11 is 0. The van der Waals surface area contributed by atoms with Gasteiger partial charge in [-0.1, -0.05) is 0 Å². The minimum Gasteiger partial charge on any atom is -0.506 e. The number of phenols is 2. The molecule has 0 atom stereocenters. The second-order valence-corrected chi connectivity index (χ2v) is 3.46. The van der Waals surface area contributed by atoms with Crippen LogP contribution in [0.2, 0.25) is 0 Å². The Morgan fingerprint density at radius 2 is 1.41 bits per heavy atom. The first kappa shape index (κ1) is 12.7. The molecule has 90 valence electrons. The van der Waals surface area contributed by atoms with Crippen molar-refractivity contribution in [3.8, 4) is 11.5 Å². The number of aromatic carboxylic acids is 1. The van der Waals surface area contributed by atoms with Gasteiger partial charge in [-0.2, -0.15) is 0 Å². The molecule has 0 aliphatic rings. The number of hydrogen-bond acceptors (Lipinski definition) is 5. The van der Waals surface area contributed by atoms with Gasteiger partial charge in [0.15, 0.2) is 11.6 Å². The summed E-state index contributed by atoms with van der Waals surface area (Å²) < 4.78 is 0. The summed E-state index contributed by atoms with van der Waals surface area (Å²) in [4.78, 5) is 33.2. The van der Waals surface area contributed by atoms with Crippen molar-refractivity contribution in [3.05, 3.63) is 22.8 Å². The van der Waals surface area contributed by atoms with Gasteiger partial charge in [0, 0.05) is 0 Å². The molecular formula is C11H10O6. The van der Waals surface area contributed by atoms with Crippen LogP contribution in [-0.2, 0) is 0 Å². The standard InChI is InChI=1S/C11H10O6/c1-4(12)6-3-7(11(16)17)10(15)8(5(2)13)9(6)14/h3,14-15H,1-2H3,(H,16,17). The van der Waals surface area contributed by atoms with E-state index in [1.54, 1.807) is 0 Å². The molecule has 1 aromatic carbocycles. The zero-order valence-corrected chi connectivity index (χ0v) is 9.14. The lowest BCUT2D eigenvalue weighted by Crippen LogP contribution is -2.07. The number of carboxylic acid groups (broad SMARTS) is 1. The quantitative estimate of drug-likeness (QED) is 0.682. The lowest BCUT2D eigenvalue weighted by atomic mass is 9.98. The number of carbonyl (C=O) groups is 3. The van der Waals surface area contributed by atoms with E-state index in [9.17, 15) is 24.6 Å². The van der Waals surface area contributed by atoms with Crippen LogP contribution in [0.4, 0.5) is 0 Å². The molecule has 0 amide bonds. The zero-order valence-electron chi connectivity index (χ0n) is 9.14. The summed E-state index contributed by atoms with van der Waals surface area (Å²) in [5, 5.41) is 28.0. The van der Waals surface area contributed by atoms with Crippen LogP contribution in [0, 0.1) is 0 Å². The Balaban J connectivity index is 3.76. The maximum absolute atomic E-state index is 11.2. The first-order chi connectivity index (χ1) is 7.77. The molecule has 0 saturated carbocycles. The molecule has 0 fully saturated rings. The maximum atomic E-state index is 11.2. The van der Waals surface area contributed by atoms with Crippen LogP contribution in [-0.4, -0.2) is 32.9 Å². The van der Waals surface area contributed by atoms with Gasteiger partial charge in [0.05, 0.1) is 5.56 Å². The molecule has 0 spiro atoms. The highest BCUT2D eigenvalue weighted by molar-refractivity contribution is 6.09. The van der Waals surface area contributed by atoms with Crippen LogP contribution in [0.5, 0.6) is 11.5 Å². The molecule has 17 heavy (non-hydrogen) atoms. The van der Waals surface area contributed by atoms with Crippen LogP contribution in [0.1, 0.15) is 44.9 Å². The van der Waals surface area contributed by atoms with Crippen molar-refractivity contribution in [1.82, 2.24) is 0 Å². The van der Waals surface area contributed by atoms with Gasteiger partial charge in [-0.25, -0.2) is 4.79 Å². The average Bonchev–Trinajstić information content (AvgIpc) is 2.15. The highest BCUT2D eigenvalue weighted by atomic mass is 16.4. The van der Waals surface area contributed by atoms with E-state index < -0.39 is 40.2 Å². The Hall–Kier alpha value is -2.37. The van der Waals surface area contributed by atoms with E-state index in [0.717, 1.165) is 19.9 Å². The molecule has 6 heteroatoms. The average molecular weight is 238 g/mol. The first-order valence-electron chi connectivity index (χ1n) is 4.61. The molecular weight excluding hydrogens is 228 g/mol. The van der Waals surface area contributed by atoms with Crippen molar-refractivity contribution >= 4 is 17.5 Å². The van der Waals surface area contributed by atoms with Gasteiger partial charge in [-0.15, -0.1) is 0 Å². The molecule has 0 radical (unpaired) electrons. The summed E-state index contributed by atoms with van der Waals surface area (Å²) in [5.74, 6) is -4.37. The number of aromatic hydroxyl groups is 2. The SMILES string of the molecule is CC(=O)c1cc(C(=O)O)c(O)c(C(C)=O)c1O. The van der Waals surface area contributed by atoms with E-state index in [1.165, 1.54) is 0 Å². The second-order valence-electron chi connectivity index (χ2n) is 3.46. The molecule has 1 aromatic rings. The van der Waals surface area contributed by atoms with Gasteiger partial charge in [-0.05, 0) is 19.9 Å². The number of hydrogen-bond donors (Lipinski definition) is 3. The third-order valence-electron chi connectivity index (χ3n) is 2.23. The highest BCUT2D eigenvalue weighted by Gasteiger charge is 2.25. The molecule has 0 heterocycles. The van der Waals surface area contributed by atoms with Crippen molar-refractivity contribution in [2.24, 2.45) is 0 Å². The van der Waals surface area contributed by atoms with Crippen LogP contribution >= 0.6 is 0 Å². The van der Waals surface area contributed by atoms with Crippen molar-refractivity contribution < 1.29 is 29.7 Å². The third kappa shape index (κ3) is 2.10. The zero-order chi connectivity index (χ0) is 13.3. The number of Topliss-reactive ketones (excluding diaryl/α,β-unsaturated/α-hetero) is 2. The molecule has 6 nitrogen and oxygen atoms in total. The van der Waals surface area contributed by atoms with E-state index in [2.05, 4.69) is 0 Å². The number of phenolic OH excluding ortho intramolecular Hbond substituents is 1. The molecule has 0 saturated heterocycles. The molecule has 1 rings (SSSR count). The Bertz CT molecular complexity index is 491. The van der Waals surface area contributed by atoms with Crippen LogP contribution in [0.15, 0.2) is 6.07 Å². The van der Waals surface area contributed by atoms with Crippen molar-refractivity contribution in [3.63, 3.8) is 0 Å². The van der Waals surface area contributed by atoms with Crippen molar-refractivity contribution in [2.75, 3.05) is 0 Å². The third-order valence-corrected chi connectivity index (χ3v) is 2.23. The van der Waals surface area contributed by atoms with Gasteiger partial charge in [0.2, 0.25) is 0 Å². The number of carbonyl (C=O) groups excluding carboxylic acids is 2. The van der Waals surface area contributed by atoms with E-state index in [0.29, 0.717) is 0 Å². The molecule has 0 bridgehead atoms. The Morgan fingerprint density at radius 1 is 0.941 bits per heavy atom. The fraction of sp³-hybridized carbons (Fsp3) is 0.182. The largest absolute Gasteiger partial charge is 0.506 e. The fourth-order valence-corrected chi connectivity index (χ4v) is 1.43. The van der Waals surface area contributed by atoms with Crippen molar-refractivity contribution in [1.29, 1.82) is 0 Å². The number of carboxylic acids is 1. The minimum atomic E-state index is -1.49. The predicted octanol–water partition coefficient (Wildman–Crippen LogP) is 1.20. The van der Waals surface area contributed by atoms with E-state index in [4.69, 9.17) is 5.11 Å². The lowest BCUT2D eigenvalue weighted by Gasteiger charge is -2.10. The minimum absolute atomic E-state index is 0.314. The van der Waals surface area contributed by atoms with Gasteiger partial charge >= 0.3 is 5.97 Å². The number of rotatable bonds is 3. The summed E-state index contributed by atoms with van der Waals surface area (Å²) in [7, 11) is 0. The summed E-state index contributed by atoms with van der Waals surface area (Å²) in [6.45, 7) is 2.16. The second kappa shape index (κ2) is 4.25. The normalized spacial score (nSPS) is 10.0. The van der Waals surface area contributed by atoms with Gasteiger partial charge in [0.1, 0.15) is 22.6 Å². The Kier molecular flexibility index (Phi) is 3.17. The molecule has 3 N–H and O–H groups in total. The summed E-state index contributed by atoms with van der Waals surface area (Å²) in [5.41, 5.74) is -1.47. The molecule has 0 unspecified atom stereocenters. The smallest absolute Gasteiger partial charge is 0.339 e. The van der Waals surface area contributed by atoms with Crippen molar-refractivity contribution in [2.45, 2.75) is 13.8 Å². The maximum Gasteiger partial charge on any atom is 0.339 e. The topological polar surface area (TPSA) is 112 Å². The summed E-state index contributed by atoms with van der Waals surface area (Å²) in [6, 6.07) is 0.835. The molecule has 0 aliphatic heterocycles. The fourth-order valence-electron chi connectivity index (χ4n) is 1.43. The predicted molar refractivity (Wildman–Crippen MR) is 56.7 cm³/mol. The first-order valence-corrected chi connectivity index (χ1v) is 4.61. The summed E-state index contributed by atoms with van der Waals surface area (Å²) in [6.07, 6.45) is 0. The van der Waals surface area contributed by atoms with Crippen LogP contribution < -0.4 is 0 Å². The van der Waals surface area contributed by atoms with Gasteiger partial charge in [-0.3, -0.25) is 9.59 Å². The highest BCUT2D eigenvalue weighted by Crippen LogP contribution is 2.34. The Labute approximate surface area is 96.1 Å².